The second-order valence-electron chi connectivity index (χ2n) is 9.03. The summed E-state index contributed by atoms with van der Waals surface area (Å²) < 4.78 is 0. The van der Waals surface area contributed by atoms with E-state index in [1.54, 1.807) is 4.90 Å². The topological polar surface area (TPSA) is 66.6 Å². The molecule has 1 saturated heterocycles. The molecule has 2 saturated carbocycles. The van der Waals surface area contributed by atoms with Gasteiger partial charge in [0.05, 0.1) is 0 Å². The van der Waals surface area contributed by atoms with E-state index in [9.17, 15) is 9.90 Å². The molecular weight excluding hydrogens is 288 g/mol. The van der Waals surface area contributed by atoms with Gasteiger partial charge in [-0.3, -0.25) is 0 Å². The van der Waals surface area contributed by atoms with Crippen molar-refractivity contribution in [3.05, 3.63) is 0 Å². The number of hydrogen-bond acceptors (Lipinski definition) is 2. The van der Waals surface area contributed by atoms with Crippen molar-refractivity contribution >= 4 is 6.09 Å². The highest BCUT2D eigenvalue weighted by molar-refractivity contribution is 5.66. The fourth-order valence-corrected chi connectivity index (χ4v) is 4.82. The first-order valence-electron chi connectivity index (χ1n) is 9.63. The molecule has 1 amide bonds. The summed E-state index contributed by atoms with van der Waals surface area (Å²) in [5.41, 5.74) is 6.15. The van der Waals surface area contributed by atoms with E-state index in [0.717, 1.165) is 43.4 Å². The van der Waals surface area contributed by atoms with E-state index in [2.05, 4.69) is 0 Å². The van der Waals surface area contributed by atoms with Gasteiger partial charge < -0.3 is 15.7 Å². The van der Waals surface area contributed by atoms with Crippen LogP contribution in [0.25, 0.3) is 0 Å². The first kappa shape index (κ1) is 17.1. The van der Waals surface area contributed by atoms with E-state index >= 15 is 0 Å². The molecular formula is C19H34N2O2. The van der Waals surface area contributed by atoms with Crippen LogP contribution in [-0.2, 0) is 0 Å². The van der Waals surface area contributed by atoms with Crippen LogP contribution in [0.4, 0.5) is 4.79 Å². The molecule has 0 spiro atoms. The largest absolute Gasteiger partial charge is 0.465 e. The normalized spacial score (nSPS) is 28.3. The zero-order valence-electron chi connectivity index (χ0n) is 14.8. The number of amides is 1. The molecule has 23 heavy (non-hydrogen) atoms. The van der Waals surface area contributed by atoms with Crippen molar-refractivity contribution in [3.8, 4) is 0 Å². The monoisotopic (exact) mass is 322 g/mol. The third-order valence-electron chi connectivity index (χ3n) is 6.46. The van der Waals surface area contributed by atoms with Crippen LogP contribution in [0.1, 0.15) is 71.6 Å². The molecule has 3 N–H and O–H groups in total. The smallest absolute Gasteiger partial charge is 0.407 e. The van der Waals surface area contributed by atoms with Gasteiger partial charge >= 0.3 is 6.09 Å². The quantitative estimate of drug-likeness (QED) is 0.707. The highest BCUT2D eigenvalue weighted by Crippen LogP contribution is 2.51. The molecule has 3 fully saturated rings. The van der Waals surface area contributed by atoms with Gasteiger partial charge in [-0.05, 0) is 95.3 Å². The molecule has 0 bridgehead atoms. The van der Waals surface area contributed by atoms with Crippen LogP contribution < -0.4 is 5.73 Å². The van der Waals surface area contributed by atoms with Crippen LogP contribution in [0, 0.1) is 23.7 Å². The van der Waals surface area contributed by atoms with Gasteiger partial charge in [0.2, 0.25) is 0 Å². The van der Waals surface area contributed by atoms with E-state index < -0.39 is 6.09 Å². The second-order valence-corrected chi connectivity index (χ2v) is 9.03. The highest BCUT2D eigenvalue weighted by atomic mass is 16.4. The molecule has 0 aromatic carbocycles. The van der Waals surface area contributed by atoms with Crippen molar-refractivity contribution in [1.82, 2.24) is 4.90 Å². The van der Waals surface area contributed by atoms with Gasteiger partial charge in [0.25, 0.3) is 0 Å². The van der Waals surface area contributed by atoms with E-state index in [4.69, 9.17) is 5.73 Å². The standard InChI is InChI=1S/C19H34N2O2/c1-19(2)11-13(12-21(19)18(22)23)3-8-16(20)9-10-17(14-4-5-14)15-6-7-15/h13-17H,3-12,20H2,1-2H3,(H,22,23)/t13-,16?/m0/s1. The molecule has 1 heterocycles. The molecule has 4 nitrogen and oxygen atoms in total. The van der Waals surface area contributed by atoms with Crippen LogP contribution in [-0.4, -0.2) is 34.2 Å². The van der Waals surface area contributed by atoms with Crippen LogP contribution in [0.2, 0.25) is 0 Å². The molecule has 0 radical (unpaired) electrons. The third-order valence-corrected chi connectivity index (χ3v) is 6.46. The maximum atomic E-state index is 11.3. The van der Waals surface area contributed by atoms with Gasteiger partial charge in [0.1, 0.15) is 0 Å². The van der Waals surface area contributed by atoms with Gasteiger partial charge in [-0.1, -0.05) is 0 Å². The predicted molar refractivity (Wildman–Crippen MR) is 92.3 cm³/mol. The lowest BCUT2D eigenvalue weighted by Gasteiger charge is -2.28. The zero-order chi connectivity index (χ0) is 16.6. The number of likely N-dealkylation sites (tertiary alicyclic amines) is 1. The van der Waals surface area contributed by atoms with Crippen molar-refractivity contribution in [3.63, 3.8) is 0 Å². The molecule has 2 atom stereocenters. The number of carbonyl (C=O) groups is 1. The number of nitrogens with zero attached hydrogens (tertiary/aromatic N) is 1. The summed E-state index contributed by atoms with van der Waals surface area (Å²) in [5.74, 6) is 3.49. The fraction of sp³-hybridized carbons (Fsp3) is 0.947. The third kappa shape index (κ3) is 4.40. The molecule has 132 valence electrons. The fourth-order valence-electron chi connectivity index (χ4n) is 4.82. The van der Waals surface area contributed by atoms with Crippen molar-refractivity contribution in [2.24, 2.45) is 29.4 Å². The first-order chi connectivity index (χ1) is 10.9. The van der Waals surface area contributed by atoms with Gasteiger partial charge in [-0.2, -0.15) is 0 Å². The lowest BCUT2D eigenvalue weighted by Crippen LogP contribution is -2.41. The molecule has 2 aliphatic carbocycles. The molecule has 3 aliphatic rings. The summed E-state index contributed by atoms with van der Waals surface area (Å²) in [7, 11) is 0. The van der Waals surface area contributed by atoms with Crippen LogP contribution in [0.15, 0.2) is 0 Å². The first-order valence-corrected chi connectivity index (χ1v) is 9.63. The minimum atomic E-state index is -0.779. The number of carboxylic acid groups (broad SMARTS) is 1. The summed E-state index contributed by atoms with van der Waals surface area (Å²) in [5, 5.41) is 9.31. The van der Waals surface area contributed by atoms with Gasteiger partial charge in [0, 0.05) is 18.1 Å². The number of nitrogens with two attached hydrogens (primary N) is 1. The van der Waals surface area contributed by atoms with Crippen LogP contribution in [0.5, 0.6) is 0 Å². The Hall–Kier alpha value is -0.770. The molecule has 0 aromatic rings. The summed E-state index contributed by atoms with van der Waals surface area (Å²) in [6, 6.07) is 0.303. The zero-order valence-corrected chi connectivity index (χ0v) is 14.8. The van der Waals surface area contributed by atoms with E-state index in [-0.39, 0.29) is 5.54 Å². The Morgan fingerprint density at radius 1 is 1.17 bits per heavy atom. The lowest BCUT2D eigenvalue weighted by atomic mass is 9.88. The molecule has 1 unspecified atom stereocenters. The Morgan fingerprint density at radius 3 is 2.26 bits per heavy atom. The van der Waals surface area contributed by atoms with Crippen LogP contribution >= 0.6 is 0 Å². The van der Waals surface area contributed by atoms with Gasteiger partial charge in [0.15, 0.2) is 0 Å². The summed E-state index contributed by atoms with van der Waals surface area (Å²) in [6.45, 7) is 4.76. The minimum Gasteiger partial charge on any atom is -0.465 e. The Kier molecular flexibility index (Phi) is 4.91. The summed E-state index contributed by atoms with van der Waals surface area (Å²) in [6.07, 6.45) is 10.6. The minimum absolute atomic E-state index is 0.219. The SMILES string of the molecule is CC1(C)C[C@H](CCC(N)CCC(C2CC2)C2CC2)CN1C(=O)O. The molecule has 3 rings (SSSR count). The Morgan fingerprint density at radius 2 is 1.78 bits per heavy atom. The Bertz CT molecular complexity index is 417. The van der Waals surface area contributed by atoms with Crippen molar-refractivity contribution < 1.29 is 9.90 Å². The second kappa shape index (κ2) is 6.62. The summed E-state index contributed by atoms with van der Waals surface area (Å²) in [4.78, 5) is 12.9. The maximum absolute atomic E-state index is 11.3. The van der Waals surface area contributed by atoms with Crippen LogP contribution in [0.3, 0.4) is 0 Å². The average molecular weight is 322 g/mol. The molecule has 4 heteroatoms. The van der Waals surface area contributed by atoms with Crippen molar-refractivity contribution in [2.45, 2.75) is 83.2 Å². The van der Waals surface area contributed by atoms with Crippen molar-refractivity contribution in [2.75, 3.05) is 6.54 Å². The van der Waals surface area contributed by atoms with Gasteiger partial charge in [-0.15, -0.1) is 0 Å². The molecule has 1 aliphatic heterocycles. The van der Waals surface area contributed by atoms with Gasteiger partial charge in [-0.25, -0.2) is 4.79 Å². The highest BCUT2D eigenvalue weighted by Gasteiger charge is 2.42. The Balaban J connectivity index is 1.37. The summed E-state index contributed by atoms with van der Waals surface area (Å²) >= 11 is 0. The van der Waals surface area contributed by atoms with Crippen molar-refractivity contribution in [1.29, 1.82) is 0 Å². The van der Waals surface area contributed by atoms with E-state index in [1.807, 2.05) is 13.8 Å². The predicted octanol–water partition coefficient (Wildman–Crippen LogP) is 4.09. The van der Waals surface area contributed by atoms with E-state index in [1.165, 1.54) is 32.1 Å². The number of hydrogen-bond donors (Lipinski definition) is 2. The number of rotatable bonds is 8. The van der Waals surface area contributed by atoms with E-state index in [0.29, 0.717) is 18.5 Å². The maximum Gasteiger partial charge on any atom is 0.407 e. The Labute approximate surface area is 140 Å². The average Bonchev–Trinajstić information content (AvgIpc) is 3.35. The molecule has 0 aromatic heterocycles. The lowest BCUT2D eigenvalue weighted by molar-refractivity contribution is 0.117.